The molecule has 2 unspecified atom stereocenters. The zero-order valence-corrected chi connectivity index (χ0v) is 17.0. The van der Waals surface area contributed by atoms with Gasteiger partial charge in [0, 0.05) is 17.7 Å². The fourth-order valence-corrected chi connectivity index (χ4v) is 4.23. The molecule has 0 saturated carbocycles. The number of fused-ring (bicyclic) bond motifs is 1. The van der Waals surface area contributed by atoms with Crippen LogP contribution >= 0.6 is 0 Å². The van der Waals surface area contributed by atoms with Gasteiger partial charge in [-0.05, 0) is 23.6 Å². The van der Waals surface area contributed by atoms with Gasteiger partial charge in [0.05, 0.1) is 17.0 Å². The third-order valence-electron chi connectivity index (χ3n) is 5.71. The van der Waals surface area contributed by atoms with Crippen molar-refractivity contribution in [3.8, 4) is 0 Å². The largest absolute Gasteiger partial charge is 0.270 e. The summed E-state index contributed by atoms with van der Waals surface area (Å²) in [5.74, 6) is 0.0544. The number of amides is 1. The number of aromatic nitrogens is 3. The number of nitrogens with zero attached hydrogens (tertiary/aromatic N) is 5. The van der Waals surface area contributed by atoms with E-state index in [1.54, 1.807) is 15.6 Å². The Hall–Kier alpha value is -4.33. The Bertz CT molecular complexity index is 1270. The monoisotopic (exact) mass is 425 g/mol. The van der Waals surface area contributed by atoms with Gasteiger partial charge in [-0.2, -0.15) is 10.1 Å². The Balaban J connectivity index is 1.64. The molecule has 1 aromatic heterocycles. The Morgan fingerprint density at radius 1 is 0.906 bits per heavy atom. The van der Waals surface area contributed by atoms with Crippen LogP contribution < -0.4 is 4.90 Å². The molecule has 0 fully saturated rings. The van der Waals surface area contributed by atoms with Crippen LogP contribution in [0.4, 0.5) is 11.6 Å². The lowest BCUT2D eigenvalue weighted by atomic mass is 9.91. The zero-order chi connectivity index (χ0) is 22.1. The van der Waals surface area contributed by atoms with Crippen molar-refractivity contribution >= 4 is 17.5 Å². The molecule has 0 radical (unpaired) electrons. The number of non-ortho nitro benzene ring substituents is 1. The van der Waals surface area contributed by atoms with E-state index in [-0.39, 0.29) is 29.2 Å². The first-order chi connectivity index (χ1) is 15.6. The van der Waals surface area contributed by atoms with Gasteiger partial charge >= 0.3 is 0 Å². The molecule has 2 heterocycles. The molecule has 8 heteroatoms. The molecule has 158 valence electrons. The van der Waals surface area contributed by atoms with E-state index in [1.807, 2.05) is 60.7 Å². The summed E-state index contributed by atoms with van der Waals surface area (Å²) in [5.41, 5.74) is 2.13. The van der Waals surface area contributed by atoms with Crippen molar-refractivity contribution in [2.24, 2.45) is 0 Å². The molecule has 0 spiro atoms. The number of rotatable bonds is 4. The van der Waals surface area contributed by atoms with Gasteiger partial charge in [0.15, 0.2) is 0 Å². The Morgan fingerprint density at radius 3 is 2.22 bits per heavy atom. The predicted octanol–water partition coefficient (Wildman–Crippen LogP) is 4.57. The third kappa shape index (κ3) is 3.41. The molecule has 1 amide bonds. The molecule has 1 aliphatic rings. The maximum absolute atomic E-state index is 13.7. The summed E-state index contributed by atoms with van der Waals surface area (Å²) in [6.45, 7) is 0. The first kappa shape index (κ1) is 19.6. The number of anilines is 1. The molecule has 0 saturated heterocycles. The zero-order valence-electron chi connectivity index (χ0n) is 17.0. The Labute approximate surface area is 183 Å². The summed E-state index contributed by atoms with van der Waals surface area (Å²) in [6.07, 6.45) is 2.03. The number of nitro groups is 1. The lowest BCUT2D eigenvalue weighted by Crippen LogP contribution is -2.42. The Morgan fingerprint density at radius 2 is 1.56 bits per heavy atom. The van der Waals surface area contributed by atoms with E-state index in [0.29, 0.717) is 12.4 Å². The normalized spacial score (nSPS) is 17.6. The highest BCUT2D eigenvalue weighted by Gasteiger charge is 2.39. The average molecular weight is 425 g/mol. The fourth-order valence-electron chi connectivity index (χ4n) is 4.23. The lowest BCUT2D eigenvalue weighted by molar-refractivity contribution is -0.384. The van der Waals surface area contributed by atoms with Gasteiger partial charge in [-0.15, -0.1) is 0 Å². The van der Waals surface area contributed by atoms with Crippen LogP contribution in [0, 0.1) is 10.1 Å². The van der Waals surface area contributed by atoms with Crippen molar-refractivity contribution in [3.05, 3.63) is 118 Å². The maximum atomic E-state index is 13.7. The summed E-state index contributed by atoms with van der Waals surface area (Å²) in [4.78, 5) is 30.4. The van der Waals surface area contributed by atoms with Crippen LogP contribution in [0.15, 0.2) is 91.3 Å². The molecule has 4 aromatic rings. The molecule has 0 bridgehead atoms. The van der Waals surface area contributed by atoms with E-state index < -0.39 is 4.92 Å². The number of nitro benzene ring substituents is 1. The van der Waals surface area contributed by atoms with E-state index in [1.165, 1.54) is 24.5 Å². The highest BCUT2D eigenvalue weighted by molar-refractivity contribution is 6.06. The summed E-state index contributed by atoms with van der Waals surface area (Å²) in [7, 11) is 0. The SMILES string of the molecule is O=C(c1cccc([N+](=O)[O-])c1)N1c2ncnn2C(c2ccccc2)CC1c1ccccc1. The molecule has 32 heavy (non-hydrogen) atoms. The van der Waals surface area contributed by atoms with E-state index in [4.69, 9.17) is 0 Å². The predicted molar refractivity (Wildman–Crippen MR) is 118 cm³/mol. The molecule has 0 aliphatic carbocycles. The molecule has 8 nitrogen and oxygen atoms in total. The average Bonchev–Trinajstić information content (AvgIpc) is 3.33. The second-order valence-corrected chi connectivity index (χ2v) is 7.58. The highest BCUT2D eigenvalue weighted by Crippen LogP contribution is 2.42. The highest BCUT2D eigenvalue weighted by atomic mass is 16.6. The van der Waals surface area contributed by atoms with Crippen LogP contribution in [0.25, 0.3) is 0 Å². The first-order valence-electron chi connectivity index (χ1n) is 10.2. The van der Waals surface area contributed by atoms with E-state index in [9.17, 15) is 14.9 Å². The summed E-state index contributed by atoms with van der Waals surface area (Å²) >= 11 is 0. The smallest absolute Gasteiger partial charge is 0.269 e. The number of hydrogen-bond acceptors (Lipinski definition) is 5. The molecular weight excluding hydrogens is 406 g/mol. The third-order valence-corrected chi connectivity index (χ3v) is 5.71. The lowest BCUT2D eigenvalue weighted by Gasteiger charge is -2.39. The quantitative estimate of drug-likeness (QED) is 0.353. The van der Waals surface area contributed by atoms with Gasteiger partial charge in [0.2, 0.25) is 5.95 Å². The van der Waals surface area contributed by atoms with Crippen molar-refractivity contribution in [1.82, 2.24) is 14.8 Å². The van der Waals surface area contributed by atoms with Gasteiger partial charge in [-0.25, -0.2) is 4.68 Å². The molecule has 1 aliphatic heterocycles. The van der Waals surface area contributed by atoms with E-state index in [0.717, 1.165) is 11.1 Å². The van der Waals surface area contributed by atoms with Gasteiger partial charge in [0.1, 0.15) is 6.33 Å². The number of carbonyl (C=O) groups excluding carboxylic acids is 1. The standard InChI is InChI=1S/C24H19N5O3/c30-23(19-12-7-13-20(14-19)29(31)32)27-21(17-8-3-1-4-9-17)15-22(18-10-5-2-6-11-18)28-24(27)25-16-26-28/h1-14,16,21-22H,15H2. The van der Waals surface area contributed by atoms with Gasteiger partial charge < -0.3 is 0 Å². The van der Waals surface area contributed by atoms with Gasteiger partial charge in [0.25, 0.3) is 11.6 Å². The number of carbonyl (C=O) groups is 1. The molecule has 5 rings (SSSR count). The van der Waals surface area contributed by atoms with Crippen LogP contribution in [-0.4, -0.2) is 25.6 Å². The minimum absolute atomic E-state index is 0.104. The van der Waals surface area contributed by atoms with Crippen LogP contribution in [0.2, 0.25) is 0 Å². The molecule has 3 aromatic carbocycles. The van der Waals surface area contributed by atoms with Crippen LogP contribution in [0.3, 0.4) is 0 Å². The minimum atomic E-state index is -0.504. The summed E-state index contributed by atoms with van der Waals surface area (Å²) in [6, 6.07) is 25.1. The van der Waals surface area contributed by atoms with Crippen LogP contribution in [0.1, 0.15) is 40.0 Å². The van der Waals surface area contributed by atoms with Crippen molar-refractivity contribution in [2.75, 3.05) is 4.90 Å². The van der Waals surface area contributed by atoms with Crippen molar-refractivity contribution in [2.45, 2.75) is 18.5 Å². The minimum Gasteiger partial charge on any atom is -0.269 e. The van der Waals surface area contributed by atoms with Crippen molar-refractivity contribution in [1.29, 1.82) is 0 Å². The summed E-state index contributed by atoms with van der Waals surface area (Å²) in [5, 5.41) is 15.7. The fraction of sp³-hybridized carbons (Fsp3) is 0.125. The van der Waals surface area contributed by atoms with Gasteiger partial charge in [-0.1, -0.05) is 66.7 Å². The molecule has 0 N–H and O–H groups in total. The number of benzene rings is 3. The van der Waals surface area contributed by atoms with E-state index >= 15 is 0 Å². The van der Waals surface area contributed by atoms with Crippen LogP contribution in [0.5, 0.6) is 0 Å². The van der Waals surface area contributed by atoms with Crippen LogP contribution in [-0.2, 0) is 0 Å². The second-order valence-electron chi connectivity index (χ2n) is 7.58. The van der Waals surface area contributed by atoms with Crippen molar-refractivity contribution in [3.63, 3.8) is 0 Å². The van der Waals surface area contributed by atoms with E-state index in [2.05, 4.69) is 10.1 Å². The molecular formula is C24H19N5O3. The Kier molecular flexibility index (Phi) is 4.95. The topological polar surface area (TPSA) is 94.2 Å². The summed E-state index contributed by atoms with van der Waals surface area (Å²) < 4.78 is 1.75. The molecule has 2 atom stereocenters. The number of hydrogen-bond donors (Lipinski definition) is 0. The maximum Gasteiger partial charge on any atom is 0.270 e. The first-order valence-corrected chi connectivity index (χ1v) is 10.2. The second kappa shape index (κ2) is 8.07. The van der Waals surface area contributed by atoms with Crippen molar-refractivity contribution < 1.29 is 9.72 Å². The van der Waals surface area contributed by atoms with Gasteiger partial charge in [-0.3, -0.25) is 19.8 Å².